The summed E-state index contributed by atoms with van der Waals surface area (Å²) in [5.74, 6) is 1.36. The van der Waals surface area contributed by atoms with E-state index < -0.39 is 6.03 Å². The molecule has 24 heavy (non-hydrogen) atoms. The second kappa shape index (κ2) is 7.92. The topological polar surface area (TPSA) is 77.1 Å². The molecular weight excluding hydrogens is 336 g/mol. The van der Waals surface area contributed by atoms with E-state index in [4.69, 9.17) is 25.8 Å². The number of alkyl halides is 1. The number of ether oxygens (including phenoxy) is 3. The number of nitrogens with zero attached hydrogens (tertiary/aromatic N) is 1. The molecule has 1 fully saturated rings. The molecule has 2 rings (SSSR count). The minimum Gasteiger partial charge on any atom is -0.493 e. The zero-order chi connectivity index (χ0) is 17.7. The number of amides is 3. The zero-order valence-electron chi connectivity index (χ0n) is 13.7. The predicted octanol–water partition coefficient (Wildman–Crippen LogP) is 2.23. The van der Waals surface area contributed by atoms with Gasteiger partial charge in [-0.25, -0.2) is 4.79 Å². The Morgan fingerprint density at radius 3 is 2.25 bits per heavy atom. The van der Waals surface area contributed by atoms with Crippen molar-refractivity contribution in [1.82, 2.24) is 10.2 Å². The molecular formula is C16H19ClN2O5. The van der Waals surface area contributed by atoms with Crippen molar-refractivity contribution in [2.45, 2.75) is 6.42 Å². The molecule has 3 amide bonds. The van der Waals surface area contributed by atoms with Crippen molar-refractivity contribution in [3.8, 4) is 17.2 Å². The molecule has 1 saturated heterocycles. The molecule has 0 spiro atoms. The molecule has 1 aromatic rings. The number of hydrogen-bond donors (Lipinski definition) is 1. The Morgan fingerprint density at radius 2 is 1.75 bits per heavy atom. The van der Waals surface area contributed by atoms with E-state index in [1.807, 2.05) is 0 Å². The summed E-state index contributed by atoms with van der Waals surface area (Å²) in [6.45, 7) is 0.279. The van der Waals surface area contributed by atoms with Gasteiger partial charge in [0.15, 0.2) is 11.5 Å². The highest BCUT2D eigenvalue weighted by atomic mass is 35.5. The fourth-order valence-electron chi connectivity index (χ4n) is 2.34. The van der Waals surface area contributed by atoms with Crippen LogP contribution in [-0.2, 0) is 4.79 Å². The molecule has 1 N–H and O–H groups in total. The van der Waals surface area contributed by atoms with Crippen molar-refractivity contribution in [2.24, 2.45) is 0 Å². The lowest BCUT2D eigenvalue weighted by atomic mass is 10.1. The summed E-state index contributed by atoms with van der Waals surface area (Å²) in [6.07, 6.45) is 2.10. The smallest absolute Gasteiger partial charge is 0.329 e. The molecule has 7 nitrogen and oxygen atoms in total. The van der Waals surface area contributed by atoms with Crippen LogP contribution in [0.4, 0.5) is 4.79 Å². The number of hydrogen-bond acceptors (Lipinski definition) is 5. The van der Waals surface area contributed by atoms with Crippen molar-refractivity contribution in [2.75, 3.05) is 33.8 Å². The van der Waals surface area contributed by atoms with Gasteiger partial charge in [0.25, 0.3) is 5.91 Å². The first-order valence-corrected chi connectivity index (χ1v) is 7.79. The molecule has 1 heterocycles. The van der Waals surface area contributed by atoms with Crippen LogP contribution >= 0.6 is 11.6 Å². The molecule has 0 aliphatic carbocycles. The van der Waals surface area contributed by atoms with Crippen molar-refractivity contribution in [3.05, 3.63) is 23.4 Å². The average molecular weight is 355 g/mol. The summed E-state index contributed by atoms with van der Waals surface area (Å²) in [7, 11) is 4.52. The van der Waals surface area contributed by atoms with Crippen molar-refractivity contribution < 1.29 is 23.8 Å². The third kappa shape index (κ3) is 3.56. The Bertz CT molecular complexity index is 649. The average Bonchev–Trinajstić information content (AvgIpc) is 2.85. The number of benzene rings is 1. The monoisotopic (exact) mass is 354 g/mol. The molecule has 0 aromatic heterocycles. The van der Waals surface area contributed by atoms with Crippen LogP contribution in [0.25, 0.3) is 6.08 Å². The Hall–Kier alpha value is -2.41. The van der Waals surface area contributed by atoms with E-state index in [0.29, 0.717) is 35.1 Å². The molecule has 1 aromatic carbocycles. The molecule has 0 bridgehead atoms. The molecule has 0 unspecified atom stereocenters. The van der Waals surface area contributed by atoms with Crippen molar-refractivity contribution in [3.63, 3.8) is 0 Å². The normalized spacial score (nSPS) is 15.7. The predicted molar refractivity (Wildman–Crippen MR) is 89.7 cm³/mol. The van der Waals surface area contributed by atoms with Crippen LogP contribution in [0.3, 0.4) is 0 Å². The highest BCUT2D eigenvalue weighted by Gasteiger charge is 2.33. The van der Waals surface area contributed by atoms with Gasteiger partial charge in [0.05, 0.1) is 21.3 Å². The van der Waals surface area contributed by atoms with Gasteiger partial charge < -0.3 is 19.5 Å². The van der Waals surface area contributed by atoms with Crippen LogP contribution in [0.5, 0.6) is 17.2 Å². The van der Waals surface area contributed by atoms with Gasteiger partial charge >= 0.3 is 6.03 Å². The van der Waals surface area contributed by atoms with Gasteiger partial charge in [0.2, 0.25) is 5.75 Å². The number of rotatable bonds is 7. The standard InChI is InChI=1S/C16H19ClN2O5/c1-22-12-8-10(9-13(23-2)14(12)24-3)7-11-15(20)19(6-4-5-17)16(21)18-11/h7-9H,4-6H2,1-3H3,(H,18,21)/b11-7-. The van der Waals surface area contributed by atoms with Gasteiger partial charge in [-0.3, -0.25) is 9.69 Å². The molecule has 1 aliphatic heterocycles. The largest absolute Gasteiger partial charge is 0.493 e. The number of carbonyl (C=O) groups excluding carboxylic acids is 2. The fourth-order valence-corrected chi connectivity index (χ4v) is 2.46. The summed E-state index contributed by atoms with van der Waals surface area (Å²) in [5.41, 5.74) is 0.816. The Morgan fingerprint density at radius 1 is 1.12 bits per heavy atom. The molecule has 0 saturated carbocycles. The Labute approximate surface area is 145 Å². The number of urea groups is 1. The first-order valence-electron chi connectivity index (χ1n) is 7.26. The maximum Gasteiger partial charge on any atom is 0.329 e. The first kappa shape index (κ1) is 17.9. The molecule has 1 aliphatic rings. The zero-order valence-corrected chi connectivity index (χ0v) is 14.5. The lowest BCUT2D eigenvalue weighted by molar-refractivity contribution is -0.122. The van der Waals surface area contributed by atoms with Gasteiger partial charge in [-0.1, -0.05) is 0 Å². The Balaban J connectivity index is 2.34. The fraction of sp³-hybridized carbons (Fsp3) is 0.375. The summed E-state index contributed by atoms with van der Waals surface area (Å²) in [4.78, 5) is 25.3. The number of imide groups is 1. The minimum atomic E-state index is -0.455. The lowest BCUT2D eigenvalue weighted by Gasteiger charge is -2.13. The third-order valence-corrected chi connectivity index (χ3v) is 3.74. The maximum absolute atomic E-state index is 12.3. The molecule has 0 radical (unpaired) electrons. The van der Waals surface area contributed by atoms with E-state index in [2.05, 4.69) is 5.32 Å². The van der Waals surface area contributed by atoms with Crippen LogP contribution in [-0.4, -0.2) is 50.6 Å². The van der Waals surface area contributed by atoms with Crippen LogP contribution in [0.1, 0.15) is 12.0 Å². The quantitative estimate of drug-likeness (QED) is 0.461. The maximum atomic E-state index is 12.3. The van der Waals surface area contributed by atoms with Gasteiger partial charge in [-0.2, -0.15) is 0 Å². The van der Waals surface area contributed by atoms with E-state index in [1.165, 1.54) is 21.3 Å². The summed E-state index contributed by atoms with van der Waals surface area (Å²) in [6, 6.07) is 2.92. The highest BCUT2D eigenvalue weighted by Crippen LogP contribution is 2.38. The second-order valence-electron chi connectivity index (χ2n) is 4.95. The number of methoxy groups -OCH3 is 3. The van der Waals surface area contributed by atoms with E-state index in [0.717, 1.165) is 4.90 Å². The summed E-state index contributed by atoms with van der Waals surface area (Å²) in [5, 5.41) is 2.56. The van der Waals surface area contributed by atoms with E-state index in [-0.39, 0.29) is 18.1 Å². The van der Waals surface area contributed by atoms with Gasteiger partial charge in [-0.15, -0.1) is 11.6 Å². The minimum absolute atomic E-state index is 0.184. The number of halogens is 1. The van der Waals surface area contributed by atoms with Crippen LogP contribution in [0.2, 0.25) is 0 Å². The SMILES string of the molecule is COc1cc(/C=C2\NC(=O)N(CCCCl)C2=O)cc(OC)c1OC. The van der Waals surface area contributed by atoms with E-state index >= 15 is 0 Å². The molecule has 0 atom stereocenters. The third-order valence-electron chi connectivity index (χ3n) is 3.48. The van der Waals surface area contributed by atoms with Gasteiger partial charge in [0.1, 0.15) is 5.70 Å². The molecule has 8 heteroatoms. The van der Waals surface area contributed by atoms with Crippen LogP contribution in [0.15, 0.2) is 17.8 Å². The Kier molecular flexibility index (Phi) is 5.92. The van der Waals surface area contributed by atoms with Crippen molar-refractivity contribution >= 4 is 29.6 Å². The highest BCUT2D eigenvalue weighted by molar-refractivity contribution is 6.18. The van der Waals surface area contributed by atoms with Gasteiger partial charge in [-0.05, 0) is 30.2 Å². The van der Waals surface area contributed by atoms with Crippen molar-refractivity contribution in [1.29, 1.82) is 0 Å². The summed E-state index contributed by atoms with van der Waals surface area (Å²) < 4.78 is 15.8. The first-order chi connectivity index (χ1) is 11.5. The number of nitrogens with one attached hydrogen (secondary N) is 1. The van der Waals surface area contributed by atoms with E-state index in [1.54, 1.807) is 18.2 Å². The second-order valence-corrected chi connectivity index (χ2v) is 5.32. The summed E-state index contributed by atoms with van der Waals surface area (Å²) >= 11 is 5.61. The lowest BCUT2D eigenvalue weighted by Crippen LogP contribution is -2.31. The van der Waals surface area contributed by atoms with E-state index in [9.17, 15) is 9.59 Å². The molecule has 130 valence electrons. The van der Waals surface area contributed by atoms with Crippen LogP contribution in [0, 0.1) is 0 Å². The van der Waals surface area contributed by atoms with Gasteiger partial charge in [0, 0.05) is 12.4 Å². The number of carbonyl (C=O) groups is 2. The van der Waals surface area contributed by atoms with Crippen LogP contribution < -0.4 is 19.5 Å².